The molecule has 0 N–H and O–H groups in total. The van der Waals surface area contributed by atoms with Gasteiger partial charge in [-0.25, -0.2) is 9.37 Å². The maximum absolute atomic E-state index is 14.2. The Labute approximate surface area is 190 Å². The normalized spacial score (nSPS) is 13.3. The average molecular weight is 445 g/mol. The first-order valence-electron chi connectivity index (χ1n) is 10.8. The minimum Gasteiger partial charge on any atom is -0.494 e. The van der Waals surface area contributed by atoms with Crippen molar-refractivity contribution in [2.45, 2.75) is 33.7 Å². The Morgan fingerprint density at radius 2 is 1.88 bits per heavy atom. The van der Waals surface area contributed by atoms with Crippen molar-refractivity contribution in [2.75, 3.05) is 18.6 Å². The summed E-state index contributed by atoms with van der Waals surface area (Å²) in [4.78, 5) is 23.9. The van der Waals surface area contributed by atoms with Gasteiger partial charge in [0.1, 0.15) is 0 Å². The molecule has 0 bridgehead atoms. The minimum absolute atomic E-state index is 0.190. The van der Waals surface area contributed by atoms with E-state index in [2.05, 4.69) is 26.0 Å². The second kappa shape index (κ2) is 7.95. The van der Waals surface area contributed by atoms with Gasteiger partial charge in [0.05, 0.1) is 7.11 Å². The standard InChI is InChI=1S/C25H24FN5O2/c1-14-9-23(32)31-24(28-14)15(2)16(3)25(29-31)30-8-7-21-19(13-30)10-18(12-27-21)17-5-6-22(33-4)20(26)11-17/h5-6,9-12H,7-8,13H2,1-4H3. The number of rotatable bonds is 3. The Hall–Kier alpha value is -3.81. The number of pyridine rings is 1. The quantitative estimate of drug-likeness (QED) is 0.478. The third-order valence-electron chi connectivity index (χ3n) is 6.28. The zero-order valence-corrected chi connectivity index (χ0v) is 19.0. The molecule has 7 nitrogen and oxygen atoms in total. The number of nitrogens with zero attached hydrogens (tertiary/aromatic N) is 5. The molecule has 4 heterocycles. The molecule has 0 spiro atoms. The molecule has 0 saturated heterocycles. The lowest BCUT2D eigenvalue weighted by Gasteiger charge is -2.31. The van der Waals surface area contributed by atoms with Crippen molar-refractivity contribution in [3.05, 3.63) is 80.8 Å². The highest BCUT2D eigenvalue weighted by molar-refractivity contribution is 5.66. The minimum atomic E-state index is -0.407. The number of aromatic nitrogens is 4. The maximum atomic E-state index is 14.2. The van der Waals surface area contributed by atoms with Crippen LogP contribution in [0.25, 0.3) is 16.8 Å². The highest BCUT2D eigenvalue weighted by Crippen LogP contribution is 2.30. The summed E-state index contributed by atoms with van der Waals surface area (Å²) in [6, 6.07) is 8.45. The first kappa shape index (κ1) is 21.1. The molecule has 0 atom stereocenters. The van der Waals surface area contributed by atoms with Gasteiger partial charge in [0.25, 0.3) is 5.56 Å². The van der Waals surface area contributed by atoms with Crippen molar-refractivity contribution < 1.29 is 9.13 Å². The maximum Gasteiger partial charge on any atom is 0.274 e. The second-order valence-electron chi connectivity index (χ2n) is 8.40. The molecule has 0 aliphatic carbocycles. The number of halogens is 1. The monoisotopic (exact) mass is 445 g/mol. The fourth-order valence-corrected chi connectivity index (χ4v) is 4.35. The molecule has 1 aromatic carbocycles. The number of fused-ring (bicyclic) bond motifs is 2. The van der Waals surface area contributed by atoms with Crippen molar-refractivity contribution in [2.24, 2.45) is 0 Å². The number of benzene rings is 1. The van der Waals surface area contributed by atoms with Crippen LogP contribution in [0.1, 0.15) is 28.1 Å². The molecule has 1 aliphatic rings. The van der Waals surface area contributed by atoms with Crippen molar-refractivity contribution >= 4 is 11.5 Å². The molecule has 0 saturated carbocycles. The zero-order chi connectivity index (χ0) is 23.3. The molecule has 33 heavy (non-hydrogen) atoms. The smallest absolute Gasteiger partial charge is 0.274 e. The van der Waals surface area contributed by atoms with Crippen LogP contribution in [-0.2, 0) is 13.0 Å². The summed E-state index contributed by atoms with van der Waals surface area (Å²) in [6.07, 6.45) is 2.54. The molecular formula is C25H24FN5O2. The van der Waals surface area contributed by atoms with Crippen molar-refractivity contribution in [1.29, 1.82) is 0 Å². The summed E-state index contributed by atoms with van der Waals surface area (Å²) in [6.45, 7) is 7.13. The Bertz CT molecular complexity index is 1460. The molecule has 8 heteroatoms. The summed E-state index contributed by atoms with van der Waals surface area (Å²) >= 11 is 0. The molecule has 0 unspecified atom stereocenters. The lowest BCUT2D eigenvalue weighted by molar-refractivity contribution is 0.386. The highest BCUT2D eigenvalue weighted by atomic mass is 19.1. The molecule has 4 aromatic rings. The third-order valence-corrected chi connectivity index (χ3v) is 6.28. The molecule has 1 aliphatic heterocycles. The first-order chi connectivity index (χ1) is 15.9. The van der Waals surface area contributed by atoms with Crippen LogP contribution in [0.15, 0.2) is 41.3 Å². The number of methoxy groups -OCH3 is 1. The van der Waals surface area contributed by atoms with Gasteiger partial charge in [-0.3, -0.25) is 9.78 Å². The van der Waals surface area contributed by atoms with Gasteiger partial charge in [0.2, 0.25) is 0 Å². The number of hydrogen-bond acceptors (Lipinski definition) is 6. The van der Waals surface area contributed by atoms with Gasteiger partial charge in [-0.1, -0.05) is 6.07 Å². The van der Waals surface area contributed by atoms with Gasteiger partial charge in [0, 0.05) is 59.9 Å². The van der Waals surface area contributed by atoms with E-state index in [1.54, 1.807) is 12.3 Å². The van der Waals surface area contributed by atoms with E-state index in [4.69, 9.17) is 4.74 Å². The second-order valence-corrected chi connectivity index (χ2v) is 8.40. The summed E-state index contributed by atoms with van der Waals surface area (Å²) in [5.41, 5.74) is 6.67. The van der Waals surface area contributed by atoms with E-state index >= 15 is 0 Å². The van der Waals surface area contributed by atoms with Gasteiger partial charge in [0.15, 0.2) is 23.0 Å². The Morgan fingerprint density at radius 1 is 1.06 bits per heavy atom. The Balaban J connectivity index is 1.53. The predicted octanol–water partition coefficient (Wildman–Crippen LogP) is 3.79. The summed E-state index contributed by atoms with van der Waals surface area (Å²) < 4.78 is 20.6. The van der Waals surface area contributed by atoms with E-state index < -0.39 is 5.82 Å². The molecule has 5 rings (SSSR count). The fraction of sp³-hybridized carbons (Fsp3) is 0.280. The molecule has 0 radical (unpaired) electrons. The third kappa shape index (κ3) is 3.61. The predicted molar refractivity (Wildman–Crippen MR) is 124 cm³/mol. The van der Waals surface area contributed by atoms with E-state index in [1.807, 2.05) is 26.8 Å². The number of aryl methyl sites for hydroxylation is 2. The zero-order valence-electron chi connectivity index (χ0n) is 19.0. The Morgan fingerprint density at radius 3 is 2.64 bits per heavy atom. The first-order valence-corrected chi connectivity index (χ1v) is 10.8. The molecule has 3 aromatic heterocycles. The van der Waals surface area contributed by atoms with Crippen LogP contribution in [0, 0.1) is 26.6 Å². The molecule has 168 valence electrons. The van der Waals surface area contributed by atoms with Gasteiger partial charge in [-0.2, -0.15) is 4.52 Å². The van der Waals surface area contributed by atoms with E-state index in [1.165, 1.54) is 23.8 Å². The lowest BCUT2D eigenvalue weighted by atomic mass is 9.99. The number of hydrogen-bond donors (Lipinski definition) is 0. The topological polar surface area (TPSA) is 72.6 Å². The van der Waals surface area contributed by atoms with E-state index in [0.717, 1.165) is 52.3 Å². The average Bonchev–Trinajstić information content (AvgIpc) is 2.81. The molecular weight excluding hydrogens is 421 g/mol. The molecule has 0 amide bonds. The number of ether oxygens (including phenoxy) is 1. The lowest BCUT2D eigenvalue weighted by Crippen LogP contribution is -2.34. The molecule has 0 fully saturated rings. The van der Waals surface area contributed by atoms with Crippen molar-refractivity contribution in [3.63, 3.8) is 0 Å². The van der Waals surface area contributed by atoms with E-state index in [9.17, 15) is 9.18 Å². The SMILES string of the molecule is COc1ccc(-c2cnc3c(c2)CN(c2nn4c(=O)cc(C)nc4c(C)c2C)CC3)cc1F. The van der Waals surface area contributed by atoms with Crippen LogP contribution in [0.2, 0.25) is 0 Å². The van der Waals surface area contributed by atoms with Gasteiger partial charge in [-0.15, -0.1) is 5.10 Å². The van der Waals surface area contributed by atoms with E-state index in [-0.39, 0.29) is 11.3 Å². The van der Waals surface area contributed by atoms with Crippen LogP contribution in [0.4, 0.5) is 10.2 Å². The van der Waals surface area contributed by atoms with Gasteiger partial charge < -0.3 is 9.64 Å². The van der Waals surface area contributed by atoms with Crippen LogP contribution < -0.4 is 15.2 Å². The van der Waals surface area contributed by atoms with Crippen LogP contribution in [-0.4, -0.2) is 33.2 Å². The highest BCUT2D eigenvalue weighted by Gasteiger charge is 2.23. The van der Waals surface area contributed by atoms with Crippen molar-refractivity contribution in [3.8, 4) is 16.9 Å². The summed E-state index contributed by atoms with van der Waals surface area (Å²) in [5.74, 6) is 0.568. The van der Waals surface area contributed by atoms with Crippen LogP contribution in [0.3, 0.4) is 0 Å². The van der Waals surface area contributed by atoms with Crippen LogP contribution in [0.5, 0.6) is 5.75 Å². The summed E-state index contributed by atoms with van der Waals surface area (Å²) in [5, 5.41) is 4.67. The van der Waals surface area contributed by atoms with Gasteiger partial charge >= 0.3 is 0 Å². The van der Waals surface area contributed by atoms with Crippen molar-refractivity contribution in [1.82, 2.24) is 19.6 Å². The van der Waals surface area contributed by atoms with Crippen LogP contribution >= 0.6 is 0 Å². The number of anilines is 1. The van der Waals surface area contributed by atoms with E-state index in [0.29, 0.717) is 17.9 Å². The summed E-state index contributed by atoms with van der Waals surface area (Å²) in [7, 11) is 1.45. The fourth-order valence-electron chi connectivity index (χ4n) is 4.35. The Kier molecular flexibility index (Phi) is 5.08. The van der Waals surface area contributed by atoms with Gasteiger partial charge in [-0.05, 0) is 50.1 Å². The largest absolute Gasteiger partial charge is 0.494 e.